The molecule has 0 saturated carbocycles. The molecule has 2 aromatic rings. The van der Waals surface area contributed by atoms with Crippen molar-refractivity contribution >= 4 is 11.5 Å². The van der Waals surface area contributed by atoms with Gasteiger partial charge in [0.2, 0.25) is 0 Å². The minimum absolute atomic E-state index is 0.0583. The minimum atomic E-state index is -0.914. The standard InChI is InChI=1S/C25H30O2/c1-7-9-14-25(5,6)23-16-22(17(3)15-19(23)8-2)18(4)20-10-12-21(13-11-20)24(26)27/h9-16H,4,7-8H2,1-3,5-6H3,(H,26,27)/b14-9-. The van der Waals surface area contributed by atoms with Crippen molar-refractivity contribution in [3.05, 3.63) is 88.5 Å². The molecule has 0 amide bonds. The molecule has 0 saturated heterocycles. The predicted molar refractivity (Wildman–Crippen MR) is 115 cm³/mol. The Kier molecular flexibility index (Phi) is 6.43. The van der Waals surface area contributed by atoms with Gasteiger partial charge in [-0.15, -0.1) is 0 Å². The highest BCUT2D eigenvalue weighted by Crippen LogP contribution is 2.34. The van der Waals surface area contributed by atoms with E-state index in [1.54, 1.807) is 12.1 Å². The lowest BCUT2D eigenvalue weighted by atomic mass is 9.78. The van der Waals surface area contributed by atoms with Crippen LogP contribution in [-0.2, 0) is 11.8 Å². The average molecular weight is 363 g/mol. The third-order valence-electron chi connectivity index (χ3n) is 5.10. The van der Waals surface area contributed by atoms with Crippen LogP contribution < -0.4 is 0 Å². The molecule has 0 bridgehead atoms. The molecular formula is C25H30O2. The van der Waals surface area contributed by atoms with E-state index >= 15 is 0 Å². The highest BCUT2D eigenvalue weighted by atomic mass is 16.4. The van der Waals surface area contributed by atoms with E-state index in [0.29, 0.717) is 0 Å². The van der Waals surface area contributed by atoms with Gasteiger partial charge in [-0.25, -0.2) is 4.79 Å². The van der Waals surface area contributed by atoms with Crippen molar-refractivity contribution in [2.45, 2.75) is 52.9 Å². The highest BCUT2D eigenvalue weighted by molar-refractivity contribution is 5.89. The van der Waals surface area contributed by atoms with Gasteiger partial charge < -0.3 is 5.11 Å². The largest absolute Gasteiger partial charge is 0.478 e. The van der Waals surface area contributed by atoms with Gasteiger partial charge in [-0.3, -0.25) is 0 Å². The van der Waals surface area contributed by atoms with Gasteiger partial charge in [0, 0.05) is 5.41 Å². The van der Waals surface area contributed by atoms with Gasteiger partial charge in [0.15, 0.2) is 0 Å². The Bertz CT molecular complexity index is 868. The molecule has 142 valence electrons. The maximum absolute atomic E-state index is 11.1. The van der Waals surface area contributed by atoms with Crippen LogP contribution >= 0.6 is 0 Å². The second kappa shape index (κ2) is 8.39. The molecule has 27 heavy (non-hydrogen) atoms. The Morgan fingerprint density at radius 2 is 1.70 bits per heavy atom. The molecule has 2 aromatic carbocycles. The fourth-order valence-electron chi connectivity index (χ4n) is 3.46. The highest BCUT2D eigenvalue weighted by Gasteiger charge is 2.22. The Balaban J connectivity index is 2.53. The molecule has 0 aliphatic heterocycles. The van der Waals surface area contributed by atoms with E-state index in [4.69, 9.17) is 5.11 Å². The summed E-state index contributed by atoms with van der Waals surface area (Å²) in [5.41, 5.74) is 7.08. The van der Waals surface area contributed by atoms with E-state index in [2.05, 4.69) is 65.5 Å². The molecule has 2 rings (SSSR count). The van der Waals surface area contributed by atoms with Crippen LogP contribution in [-0.4, -0.2) is 11.1 Å². The number of carboxylic acid groups (broad SMARTS) is 1. The Hall–Kier alpha value is -2.61. The molecule has 0 fully saturated rings. The summed E-state index contributed by atoms with van der Waals surface area (Å²) in [6.45, 7) is 15.3. The molecule has 0 radical (unpaired) electrons. The van der Waals surface area contributed by atoms with Crippen molar-refractivity contribution in [3.63, 3.8) is 0 Å². The SMILES string of the molecule is C=C(c1ccc(C(=O)O)cc1)c1cc(C(C)(C)/C=C\CC)c(CC)cc1C. The zero-order valence-electron chi connectivity index (χ0n) is 17.1. The number of benzene rings is 2. The minimum Gasteiger partial charge on any atom is -0.478 e. The molecule has 0 spiro atoms. The van der Waals surface area contributed by atoms with Gasteiger partial charge in [0.1, 0.15) is 0 Å². The lowest BCUT2D eigenvalue weighted by molar-refractivity contribution is 0.0697. The third kappa shape index (κ3) is 4.57. The number of rotatable bonds is 7. The van der Waals surface area contributed by atoms with E-state index in [-0.39, 0.29) is 11.0 Å². The van der Waals surface area contributed by atoms with Crippen LogP contribution in [0.3, 0.4) is 0 Å². The van der Waals surface area contributed by atoms with Crippen molar-refractivity contribution in [2.24, 2.45) is 0 Å². The second-order valence-corrected chi connectivity index (χ2v) is 7.57. The van der Waals surface area contributed by atoms with E-state index in [1.807, 2.05) is 12.1 Å². The van der Waals surface area contributed by atoms with E-state index in [1.165, 1.54) is 16.7 Å². The molecule has 2 nitrogen and oxygen atoms in total. The smallest absolute Gasteiger partial charge is 0.335 e. The van der Waals surface area contributed by atoms with Crippen molar-refractivity contribution in [2.75, 3.05) is 0 Å². The number of allylic oxidation sites excluding steroid dienone is 2. The Labute approximate surface area is 163 Å². The Morgan fingerprint density at radius 1 is 1.11 bits per heavy atom. The molecule has 0 aliphatic rings. The van der Waals surface area contributed by atoms with E-state index in [9.17, 15) is 4.79 Å². The van der Waals surface area contributed by atoms with Gasteiger partial charge in [0.05, 0.1) is 5.56 Å². The first kappa shape index (κ1) is 20.7. The van der Waals surface area contributed by atoms with Crippen molar-refractivity contribution in [3.8, 4) is 0 Å². The second-order valence-electron chi connectivity index (χ2n) is 7.57. The number of hydrogen-bond acceptors (Lipinski definition) is 1. The number of hydrogen-bond donors (Lipinski definition) is 1. The third-order valence-corrected chi connectivity index (χ3v) is 5.10. The van der Waals surface area contributed by atoms with Crippen molar-refractivity contribution < 1.29 is 9.90 Å². The van der Waals surface area contributed by atoms with E-state index in [0.717, 1.165) is 29.5 Å². The average Bonchev–Trinajstić information content (AvgIpc) is 2.65. The molecule has 0 heterocycles. The molecule has 0 unspecified atom stereocenters. The predicted octanol–water partition coefficient (Wildman–Crippen LogP) is 6.56. The lowest BCUT2D eigenvalue weighted by Gasteiger charge is -2.26. The summed E-state index contributed by atoms with van der Waals surface area (Å²) >= 11 is 0. The summed E-state index contributed by atoms with van der Waals surface area (Å²) in [5, 5.41) is 9.10. The number of aromatic carboxylic acids is 1. The first-order chi connectivity index (χ1) is 12.7. The molecule has 2 heteroatoms. The summed E-state index contributed by atoms with van der Waals surface area (Å²) in [6.07, 6.45) is 6.51. The maximum Gasteiger partial charge on any atom is 0.335 e. The lowest BCUT2D eigenvalue weighted by Crippen LogP contribution is -2.17. The summed E-state index contributed by atoms with van der Waals surface area (Å²) in [7, 11) is 0. The summed E-state index contributed by atoms with van der Waals surface area (Å²) in [5.74, 6) is -0.914. The van der Waals surface area contributed by atoms with Crippen LogP contribution in [0, 0.1) is 6.92 Å². The normalized spacial score (nSPS) is 11.7. The van der Waals surface area contributed by atoms with Crippen LogP contribution in [0.5, 0.6) is 0 Å². The quantitative estimate of drug-likeness (QED) is 0.566. The maximum atomic E-state index is 11.1. The number of carbonyl (C=O) groups is 1. The molecule has 0 atom stereocenters. The van der Waals surface area contributed by atoms with Gasteiger partial charge in [-0.05, 0) is 71.4 Å². The first-order valence-electron chi connectivity index (χ1n) is 9.56. The van der Waals surface area contributed by atoms with Crippen LogP contribution in [0.15, 0.2) is 55.1 Å². The molecular weight excluding hydrogens is 332 g/mol. The number of carboxylic acids is 1. The van der Waals surface area contributed by atoms with Crippen LogP contribution in [0.25, 0.3) is 5.57 Å². The van der Waals surface area contributed by atoms with Crippen LogP contribution in [0.2, 0.25) is 0 Å². The zero-order chi connectivity index (χ0) is 20.2. The zero-order valence-corrected chi connectivity index (χ0v) is 17.1. The first-order valence-corrected chi connectivity index (χ1v) is 9.56. The monoisotopic (exact) mass is 362 g/mol. The topological polar surface area (TPSA) is 37.3 Å². The fraction of sp³-hybridized carbons (Fsp3) is 0.320. The van der Waals surface area contributed by atoms with Crippen molar-refractivity contribution in [1.82, 2.24) is 0 Å². The molecule has 1 N–H and O–H groups in total. The summed E-state index contributed by atoms with van der Waals surface area (Å²) in [6, 6.07) is 11.5. The fourth-order valence-corrected chi connectivity index (χ4v) is 3.46. The van der Waals surface area contributed by atoms with E-state index < -0.39 is 5.97 Å². The molecule has 0 aromatic heterocycles. The van der Waals surface area contributed by atoms with Gasteiger partial charge in [-0.2, -0.15) is 0 Å². The number of aryl methyl sites for hydroxylation is 2. The summed E-state index contributed by atoms with van der Waals surface area (Å²) < 4.78 is 0. The molecule has 0 aliphatic carbocycles. The summed E-state index contributed by atoms with van der Waals surface area (Å²) in [4.78, 5) is 11.1. The van der Waals surface area contributed by atoms with Gasteiger partial charge in [-0.1, -0.05) is 64.6 Å². The van der Waals surface area contributed by atoms with Crippen LogP contribution in [0.4, 0.5) is 0 Å². The van der Waals surface area contributed by atoms with Crippen molar-refractivity contribution in [1.29, 1.82) is 0 Å². The Morgan fingerprint density at radius 3 is 2.22 bits per heavy atom. The van der Waals surface area contributed by atoms with Gasteiger partial charge in [0.25, 0.3) is 0 Å². The van der Waals surface area contributed by atoms with Gasteiger partial charge >= 0.3 is 5.97 Å². The van der Waals surface area contributed by atoms with Crippen LogP contribution in [0.1, 0.15) is 72.3 Å².